The van der Waals surface area contributed by atoms with Gasteiger partial charge in [0, 0.05) is 19.2 Å². The summed E-state index contributed by atoms with van der Waals surface area (Å²) in [6.45, 7) is 3.41. The van der Waals surface area contributed by atoms with Crippen LogP contribution in [0.5, 0.6) is 0 Å². The first-order valence-electron chi connectivity index (χ1n) is 8.05. The van der Waals surface area contributed by atoms with E-state index in [1.54, 1.807) is 18.3 Å². The smallest absolute Gasteiger partial charge is 0.223 e. The lowest BCUT2D eigenvalue weighted by atomic mass is 10.1. The molecule has 24 heavy (non-hydrogen) atoms. The predicted molar refractivity (Wildman–Crippen MR) is 86.8 cm³/mol. The number of carbonyl (C=O) groups is 1. The molecule has 0 spiro atoms. The van der Waals surface area contributed by atoms with Crippen LogP contribution >= 0.6 is 0 Å². The maximum atomic E-state index is 12.9. The summed E-state index contributed by atoms with van der Waals surface area (Å²) in [5.41, 5.74) is 1.76. The van der Waals surface area contributed by atoms with Crippen molar-refractivity contribution < 1.29 is 13.9 Å². The van der Waals surface area contributed by atoms with Gasteiger partial charge in [0.1, 0.15) is 17.7 Å². The largest absolute Gasteiger partial charge is 0.368 e. The number of aryl methyl sites for hydroxylation is 2. The number of ether oxygens (including phenoxy) is 1. The summed E-state index contributed by atoms with van der Waals surface area (Å²) in [7, 11) is 0. The average Bonchev–Trinajstić information content (AvgIpc) is 2.61. The molecule has 0 saturated carbocycles. The Morgan fingerprint density at radius 2 is 2.12 bits per heavy atom. The van der Waals surface area contributed by atoms with Gasteiger partial charge in [0.15, 0.2) is 0 Å². The highest BCUT2D eigenvalue weighted by atomic mass is 19.1. The lowest BCUT2D eigenvalue weighted by Crippen LogP contribution is -2.42. The third-order valence-electron chi connectivity index (χ3n) is 4.09. The third-order valence-corrected chi connectivity index (χ3v) is 4.09. The van der Waals surface area contributed by atoms with E-state index in [-0.39, 0.29) is 17.8 Å². The summed E-state index contributed by atoms with van der Waals surface area (Å²) in [5, 5.41) is 0. The van der Waals surface area contributed by atoms with E-state index in [1.807, 2.05) is 17.9 Å². The van der Waals surface area contributed by atoms with E-state index < -0.39 is 0 Å². The summed E-state index contributed by atoms with van der Waals surface area (Å²) >= 11 is 0. The number of aromatic nitrogens is 2. The van der Waals surface area contributed by atoms with E-state index in [0.29, 0.717) is 38.4 Å². The lowest BCUT2D eigenvalue weighted by Gasteiger charge is -2.32. The molecule has 0 bridgehead atoms. The minimum atomic E-state index is -0.263. The zero-order valence-electron chi connectivity index (χ0n) is 13.6. The predicted octanol–water partition coefficient (Wildman–Crippen LogP) is 2.46. The van der Waals surface area contributed by atoms with E-state index in [4.69, 9.17) is 4.74 Å². The van der Waals surface area contributed by atoms with Crippen LogP contribution in [0.3, 0.4) is 0 Å². The first kappa shape index (κ1) is 16.5. The average molecular weight is 329 g/mol. The number of rotatable bonds is 4. The van der Waals surface area contributed by atoms with E-state index in [0.717, 1.165) is 11.3 Å². The van der Waals surface area contributed by atoms with Crippen LogP contribution in [0.1, 0.15) is 29.6 Å². The summed E-state index contributed by atoms with van der Waals surface area (Å²) in [5.74, 6) is 0.510. The summed E-state index contributed by atoms with van der Waals surface area (Å²) in [6.07, 6.45) is 2.50. The fraction of sp³-hybridized carbons (Fsp3) is 0.389. The van der Waals surface area contributed by atoms with Gasteiger partial charge in [0.25, 0.3) is 0 Å². The number of carbonyl (C=O) groups excluding carboxylic acids is 1. The Morgan fingerprint density at radius 1 is 1.33 bits per heavy atom. The molecule has 0 unspecified atom stereocenters. The Kier molecular flexibility index (Phi) is 5.15. The first-order valence-corrected chi connectivity index (χ1v) is 8.05. The fourth-order valence-electron chi connectivity index (χ4n) is 2.77. The zero-order chi connectivity index (χ0) is 16.9. The number of morpholine rings is 1. The van der Waals surface area contributed by atoms with Crippen molar-refractivity contribution >= 4 is 5.91 Å². The molecule has 1 aliphatic rings. The van der Waals surface area contributed by atoms with Crippen LogP contribution in [0, 0.1) is 12.7 Å². The Bertz CT molecular complexity index is 706. The van der Waals surface area contributed by atoms with Gasteiger partial charge in [0.05, 0.1) is 18.8 Å². The number of hydrogen-bond donors (Lipinski definition) is 0. The number of hydrogen-bond acceptors (Lipinski definition) is 4. The molecule has 1 atom stereocenters. The molecule has 1 aromatic heterocycles. The van der Waals surface area contributed by atoms with Gasteiger partial charge in [-0.05, 0) is 37.1 Å². The lowest BCUT2D eigenvalue weighted by molar-refractivity contribution is -0.139. The normalized spacial score (nSPS) is 17.8. The van der Waals surface area contributed by atoms with Gasteiger partial charge in [-0.15, -0.1) is 0 Å². The Balaban J connectivity index is 1.57. The van der Waals surface area contributed by atoms with Gasteiger partial charge < -0.3 is 9.64 Å². The van der Waals surface area contributed by atoms with Crippen LogP contribution in [0.25, 0.3) is 0 Å². The summed E-state index contributed by atoms with van der Waals surface area (Å²) in [4.78, 5) is 22.7. The van der Waals surface area contributed by atoms with Crippen molar-refractivity contribution in [3.05, 3.63) is 59.4 Å². The van der Waals surface area contributed by atoms with Gasteiger partial charge in [-0.25, -0.2) is 14.4 Å². The van der Waals surface area contributed by atoms with Crippen molar-refractivity contribution in [2.75, 3.05) is 19.7 Å². The molecule has 0 aliphatic carbocycles. The molecule has 1 amide bonds. The minimum Gasteiger partial charge on any atom is -0.368 e. The van der Waals surface area contributed by atoms with Crippen molar-refractivity contribution in [3.8, 4) is 0 Å². The van der Waals surface area contributed by atoms with Crippen LogP contribution in [0.4, 0.5) is 4.39 Å². The maximum absolute atomic E-state index is 12.9. The molecule has 6 heteroatoms. The minimum absolute atomic E-state index is 0.0819. The van der Waals surface area contributed by atoms with Gasteiger partial charge in [-0.2, -0.15) is 0 Å². The number of amides is 1. The standard InChI is InChI=1S/C18H20FN3O2/c1-13-20-9-8-16(21-13)17-12-22(10-11-24-17)18(23)7-4-14-2-5-15(19)6-3-14/h2-3,5-6,8-9,17H,4,7,10-12H2,1H3/t17-/m1/s1. The van der Waals surface area contributed by atoms with Gasteiger partial charge in [-0.1, -0.05) is 12.1 Å². The van der Waals surface area contributed by atoms with E-state index >= 15 is 0 Å². The summed E-state index contributed by atoms with van der Waals surface area (Å²) in [6, 6.07) is 8.09. The number of benzene rings is 1. The van der Waals surface area contributed by atoms with E-state index in [1.165, 1.54) is 12.1 Å². The van der Waals surface area contributed by atoms with Crippen molar-refractivity contribution in [2.45, 2.75) is 25.9 Å². The highest BCUT2D eigenvalue weighted by molar-refractivity contribution is 5.76. The monoisotopic (exact) mass is 329 g/mol. The number of nitrogens with zero attached hydrogens (tertiary/aromatic N) is 3. The molecule has 2 heterocycles. The second-order valence-electron chi connectivity index (χ2n) is 5.85. The van der Waals surface area contributed by atoms with Crippen LogP contribution in [0.15, 0.2) is 36.5 Å². The van der Waals surface area contributed by atoms with Crippen LogP contribution < -0.4 is 0 Å². The molecule has 0 N–H and O–H groups in total. The molecule has 1 aromatic carbocycles. The molecule has 2 aromatic rings. The highest BCUT2D eigenvalue weighted by Gasteiger charge is 2.26. The van der Waals surface area contributed by atoms with Crippen molar-refractivity contribution in [1.29, 1.82) is 0 Å². The molecule has 3 rings (SSSR count). The molecule has 1 saturated heterocycles. The van der Waals surface area contributed by atoms with Gasteiger partial charge >= 0.3 is 0 Å². The molecule has 126 valence electrons. The second kappa shape index (κ2) is 7.49. The fourth-order valence-corrected chi connectivity index (χ4v) is 2.77. The summed E-state index contributed by atoms with van der Waals surface area (Å²) < 4.78 is 18.7. The van der Waals surface area contributed by atoms with Crippen LogP contribution in [0.2, 0.25) is 0 Å². The van der Waals surface area contributed by atoms with Crippen LogP contribution in [-0.2, 0) is 16.0 Å². The van der Waals surface area contributed by atoms with Crippen molar-refractivity contribution in [2.24, 2.45) is 0 Å². The van der Waals surface area contributed by atoms with E-state index in [9.17, 15) is 9.18 Å². The highest BCUT2D eigenvalue weighted by Crippen LogP contribution is 2.21. The Hall–Kier alpha value is -2.34. The van der Waals surface area contributed by atoms with Gasteiger partial charge in [-0.3, -0.25) is 4.79 Å². The SMILES string of the molecule is Cc1nccc([C@H]2CN(C(=O)CCc3ccc(F)cc3)CCO2)n1. The second-order valence-corrected chi connectivity index (χ2v) is 5.85. The van der Waals surface area contributed by atoms with Crippen molar-refractivity contribution in [3.63, 3.8) is 0 Å². The topological polar surface area (TPSA) is 55.3 Å². The molecule has 5 nitrogen and oxygen atoms in total. The maximum Gasteiger partial charge on any atom is 0.223 e. The van der Waals surface area contributed by atoms with Gasteiger partial charge in [0.2, 0.25) is 5.91 Å². The molecule has 1 fully saturated rings. The molecule has 0 radical (unpaired) electrons. The van der Waals surface area contributed by atoms with Crippen molar-refractivity contribution in [1.82, 2.24) is 14.9 Å². The zero-order valence-corrected chi connectivity index (χ0v) is 13.6. The number of halogens is 1. The Labute approximate surface area is 140 Å². The third kappa shape index (κ3) is 4.14. The quantitative estimate of drug-likeness (QED) is 0.865. The molecule has 1 aliphatic heterocycles. The molecular weight excluding hydrogens is 309 g/mol. The van der Waals surface area contributed by atoms with Crippen LogP contribution in [-0.4, -0.2) is 40.5 Å². The molecular formula is C18H20FN3O2. The Morgan fingerprint density at radius 3 is 2.88 bits per heavy atom. The van der Waals surface area contributed by atoms with E-state index in [2.05, 4.69) is 9.97 Å². The first-order chi connectivity index (χ1) is 11.6.